The van der Waals surface area contributed by atoms with Gasteiger partial charge in [-0.1, -0.05) is 30.3 Å². The molecule has 1 unspecified atom stereocenters. The Morgan fingerprint density at radius 3 is 3.00 bits per heavy atom. The minimum Gasteiger partial charge on any atom is -0.409 e. The third-order valence-corrected chi connectivity index (χ3v) is 3.11. The van der Waals surface area contributed by atoms with Gasteiger partial charge in [0.1, 0.15) is 5.84 Å². The van der Waals surface area contributed by atoms with Gasteiger partial charge in [0.2, 0.25) is 5.91 Å². The van der Waals surface area contributed by atoms with Crippen LogP contribution in [-0.4, -0.2) is 23.5 Å². The summed E-state index contributed by atoms with van der Waals surface area (Å²) >= 11 is 0. The van der Waals surface area contributed by atoms with E-state index in [0.717, 1.165) is 12.1 Å². The second-order valence-electron chi connectivity index (χ2n) is 4.71. The summed E-state index contributed by atoms with van der Waals surface area (Å²) in [6, 6.07) is 7.86. The van der Waals surface area contributed by atoms with Crippen molar-refractivity contribution in [2.45, 2.75) is 19.8 Å². The molecule has 5 heteroatoms. The molecule has 96 valence electrons. The Hall–Kier alpha value is -2.04. The Morgan fingerprint density at radius 2 is 2.28 bits per heavy atom. The van der Waals surface area contributed by atoms with Crippen LogP contribution in [0.25, 0.3) is 0 Å². The van der Waals surface area contributed by atoms with E-state index in [4.69, 9.17) is 10.9 Å². The van der Waals surface area contributed by atoms with E-state index in [1.54, 1.807) is 4.90 Å². The summed E-state index contributed by atoms with van der Waals surface area (Å²) in [6.07, 6.45) is 0.918. The summed E-state index contributed by atoms with van der Waals surface area (Å²) < 4.78 is 0. The van der Waals surface area contributed by atoms with Crippen LogP contribution in [0.2, 0.25) is 0 Å². The first-order valence-electron chi connectivity index (χ1n) is 5.96. The number of anilines is 1. The van der Waals surface area contributed by atoms with Crippen LogP contribution in [0.5, 0.6) is 0 Å². The van der Waals surface area contributed by atoms with Crippen molar-refractivity contribution in [3.8, 4) is 0 Å². The fourth-order valence-corrected chi connectivity index (χ4v) is 2.32. The minimum absolute atomic E-state index is 0.0580. The molecular weight excluding hydrogens is 230 g/mol. The first-order valence-corrected chi connectivity index (χ1v) is 5.96. The number of fused-ring (bicyclic) bond motifs is 1. The molecule has 0 spiro atoms. The van der Waals surface area contributed by atoms with Gasteiger partial charge >= 0.3 is 0 Å². The van der Waals surface area contributed by atoms with Crippen molar-refractivity contribution in [1.82, 2.24) is 0 Å². The van der Waals surface area contributed by atoms with Crippen LogP contribution in [0, 0.1) is 5.92 Å². The van der Waals surface area contributed by atoms with Crippen molar-refractivity contribution >= 4 is 17.4 Å². The lowest BCUT2D eigenvalue weighted by atomic mass is 9.93. The van der Waals surface area contributed by atoms with Crippen molar-refractivity contribution in [3.63, 3.8) is 0 Å². The van der Waals surface area contributed by atoms with Gasteiger partial charge in [-0.2, -0.15) is 0 Å². The number of oxime groups is 1. The largest absolute Gasteiger partial charge is 0.409 e. The van der Waals surface area contributed by atoms with Crippen LogP contribution in [-0.2, 0) is 11.2 Å². The molecule has 1 aliphatic rings. The molecule has 1 aromatic rings. The lowest BCUT2D eigenvalue weighted by Gasteiger charge is -2.33. The fourth-order valence-electron chi connectivity index (χ4n) is 2.32. The molecule has 0 aliphatic carbocycles. The van der Waals surface area contributed by atoms with Gasteiger partial charge in [-0.25, -0.2) is 0 Å². The number of benzene rings is 1. The lowest BCUT2D eigenvalue weighted by Crippen LogP contribution is -2.40. The Morgan fingerprint density at radius 1 is 1.56 bits per heavy atom. The molecule has 1 amide bonds. The summed E-state index contributed by atoms with van der Waals surface area (Å²) in [6.45, 7) is 2.79. The minimum atomic E-state index is -0.135. The number of para-hydroxylation sites is 1. The summed E-state index contributed by atoms with van der Waals surface area (Å²) in [5.41, 5.74) is 7.49. The zero-order valence-electron chi connectivity index (χ0n) is 10.3. The highest BCUT2D eigenvalue weighted by Crippen LogP contribution is 2.29. The number of amides is 1. The molecule has 0 fully saturated rings. The molecule has 1 atom stereocenters. The molecule has 1 aliphatic heterocycles. The summed E-state index contributed by atoms with van der Waals surface area (Å²) in [7, 11) is 0. The normalized spacial score (nSPS) is 19.5. The molecule has 0 radical (unpaired) electrons. The van der Waals surface area contributed by atoms with Gasteiger partial charge in [-0.3, -0.25) is 4.79 Å². The highest BCUT2D eigenvalue weighted by atomic mass is 16.4. The molecule has 0 saturated carbocycles. The van der Waals surface area contributed by atoms with Gasteiger partial charge in [0.15, 0.2) is 0 Å². The molecule has 5 nitrogen and oxygen atoms in total. The average Bonchev–Trinajstić information content (AvgIpc) is 2.37. The van der Waals surface area contributed by atoms with Crippen molar-refractivity contribution in [1.29, 1.82) is 0 Å². The third kappa shape index (κ3) is 2.45. The lowest BCUT2D eigenvalue weighted by molar-refractivity contribution is -0.117. The maximum absolute atomic E-state index is 12.1. The average molecular weight is 247 g/mol. The van der Waals surface area contributed by atoms with E-state index in [1.807, 2.05) is 24.3 Å². The highest BCUT2D eigenvalue weighted by molar-refractivity contribution is 6.06. The van der Waals surface area contributed by atoms with Crippen LogP contribution < -0.4 is 10.6 Å². The smallest absolute Gasteiger partial charge is 0.234 e. The summed E-state index contributed by atoms with van der Waals surface area (Å²) in [5, 5.41) is 11.4. The van der Waals surface area contributed by atoms with E-state index in [9.17, 15) is 4.79 Å². The van der Waals surface area contributed by atoms with E-state index in [-0.39, 0.29) is 18.2 Å². The Bertz CT molecular complexity index is 485. The van der Waals surface area contributed by atoms with Gasteiger partial charge < -0.3 is 15.8 Å². The first kappa shape index (κ1) is 12.4. The number of carbonyl (C=O) groups excluding carboxylic acids is 1. The SMILES string of the molecule is CC1Cc2ccccc2N(C(=O)CC(N)=NO)C1. The molecule has 0 saturated heterocycles. The number of nitrogens with two attached hydrogens (primary N) is 1. The molecule has 1 aromatic carbocycles. The zero-order valence-corrected chi connectivity index (χ0v) is 10.3. The van der Waals surface area contributed by atoms with Gasteiger partial charge in [-0.15, -0.1) is 0 Å². The molecule has 2 rings (SSSR count). The van der Waals surface area contributed by atoms with Crippen LogP contribution in [0.1, 0.15) is 18.9 Å². The van der Waals surface area contributed by atoms with E-state index in [0.29, 0.717) is 12.5 Å². The number of hydrogen-bond acceptors (Lipinski definition) is 3. The molecule has 3 N–H and O–H groups in total. The molecule has 18 heavy (non-hydrogen) atoms. The zero-order chi connectivity index (χ0) is 13.1. The van der Waals surface area contributed by atoms with Crippen molar-refractivity contribution in [3.05, 3.63) is 29.8 Å². The number of amidine groups is 1. The van der Waals surface area contributed by atoms with E-state index < -0.39 is 0 Å². The topological polar surface area (TPSA) is 78.9 Å². The van der Waals surface area contributed by atoms with Gasteiger partial charge in [0.05, 0.1) is 6.42 Å². The van der Waals surface area contributed by atoms with Gasteiger partial charge in [-0.05, 0) is 24.0 Å². The molecule has 0 aromatic heterocycles. The number of rotatable bonds is 2. The van der Waals surface area contributed by atoms with E-state index in [2.05, 4.69) is 12.1 Å². The maximum Gasteiger partial charge on any atom is 0.234 e. The van der Waals surface area contributed by atoms with Crippen LogP contribution in [0.3, 0.4) is 0 Å². The van der Waals surface area contributed by atoms with Gasteiger partial charge in [0, 0.05) is 12.2 Å². The summed E-state index contributed by atoms with van der Waals surface area (Å²) in [5.74, 6) is 0.219. The predicted molar refractivity (Wildman–Crippen MR) is 69.7 cm³/mol. The monoisotopic (exact) mass is 247 g/mol. The summed E-state index contributed by atoms with van der Waals surface area (Å²) in [4.78, 5) is 13.9. The second kappa shape index (κ2) is 5.08. The first-order chi connectivity index (χ1) is 8.61. The molecular formula is C13H17N3O2. The Balaban J connectivity index is 2.26. The van der Waals surface area contributed by atoms with E-state index >= 15 is 0 Å². The molecule has 1 heterocycles. The highest BCUT2D eigenvalue weighted by Gasteiger charge is 2.26. The fraction of sp³-hybridized carbons (Fsp3) is 0.385. The number of nitrogens with zero attached hydrogens (tertiary/aromatic N) is 2. The van der Waals surface area contributed by atoms with Gasteiger partial charge in [0.25, 0.3) is 0 Å². The molecule has 0 bridgehead atoms. The Labute approximate surface area is 106 Å². The van der Waals surface area contributed by atoms with Crippen molar-refractivity contribution in [2.24, 2.45) is 16.8 Å². The standard InChI is InChI=1S/C13H17N3O2/c1-9-6-10-4-2-3-5-11(10)16(8-9)13(17)7-12(14)15-18/h2-5,9,18H,6-8H2,1H3,(H2,14,15). The predicted octanol–water partition coefficient (Wildman–Crippen LogP) is 1.35. The van der Waals surface area contributed by atoms with E-state index in [1.165, 1.54) is 5.56 Å². The van der Waals surface area contributed by atoms with Crippen LogP contribution >= 0.6 is 0 Å². The maximum atomic E-state index is 12.1. The third-order valence-electron chi connectivity index (χ3n) is 3.11. The van der Waals surface area contributed by atoms with Crippen LogP contribution in [0.15, 0.2) is 29.4 Å². The van der Waals surface area contributed by atoms with Crippen LogP contribution in [0.4, 0.5) is 5.69 Å². The quantitative estimate of drug-likeness (QED) is 0.358. The number of carbonyl (C=O) groups is 1. The second-order valence-corrected chi connectivity index (χ2v) is 4.71. The number of hydrogen-bond donors (Lipinski definition) is 2. The van der Waals surface area contributed by atoms with Crippen molar-refractivity contribution in [2.75, 3.05) is 11.4 Å². The Kier molecular flexibility index (Phi) is 3.50. The van der Waals surface area contributed by atoms with Crippen molar-refractivity contribution < 1.29 is 10.0 Å².